The van der Waals surface area contributed by atoms with E-state index in [-0.39, 0.29) is 29.7 Å². The van der Waals surface area contributed by atoms with Crippen molar-refractivity contribution in [2.75, 3.05) is 6.61 Å². The van der Waals surface area contributed by atoms with Crippen LogP contribution < -0.4 is 0 Å². The van der Waals surface area contributed by atoms with E-state index in [0.29, 0.717) is 30.4 Å². The Morgan fingerprint density at radius 1 is 1.03 bits per heavy atom. The molecule has 164 valence electrons. The van der Waals surface area contributed by atoms with Crippen molar-refractivity contribution in [3.63, 3.8) is 0 Å². The summed E-state index contributed by atoms with van der Waals surface area (Å²) in [7, 11) is 0. The topological polar surface area (TPSA) is 146 Å². The average molecular weight is 422 g/mol. The highest BCUT2D eigenvalue weighted by atomic mass is 16.7. The van der Waals surface area contributed by atoms with Crippen molar-refractivity contribution >= 4 is 11.4 Å². The number of aromatic hydroxyl groups is 1. The van der Waals surface area contributed by atoms with Crippen LogP contribution >= 0.6 is 0 Å². The summed E-state index contributed by atoms with van der Waals surface area (Å²) >= 11 is 0. The molecule has 0 radical (unpaired) electrons. The molecule has 9 nitrogen and oxygen atoms in total. The normalized spacial score (nSPS) is 39.1. The molecule has 30 heavy (non-hydrogen) atoms. The van der Waals surface area contributed by atoms with Gasteiger partial charge in [-0.05, 0) is 30.5 Å². The fourth-order valence-electron chi connectivity index (χ4n) is 4.30. The Morgan fingerprint density at radius 3 is 2.47 bits per heavy atom. The molecule has 0 spiro atoms. The number of rotatable bonds is 4. The van der Waals surface area contributed by atoms with E-state index in [0.717, 1.165) is 0 Å². The molecule has 1 aliphatic carbocycles. The van der Waals surface area contributed by atoms with Crippen LogP contribution in [0.25, 0.3) is 5.57 Å². The molecule has 4 rings (SSSR count). The summed E-state index contributed by atoms with van der Waals surface area (Å²) in [4.78, 5) is 12.9. The fraction of sp³-hybridized carbons (Fsp3) is 0.571. The first kappa shape index (κ1) is 21.2. The number of aliphatic hydroxyl groups is 4. The first-order valence-corrected chi connectivity index (χ1v) is 10.0. The minimum absolute atomic E-state index is 0.0248. The van der Waals surface area contributed by atoms with E-state index in [1.165, 1.54) is 18.4 Å². The predicted molar refractivity (Wildman–Crippen MR) is 102 cm³/mol. The molecular weight excluding hydrogens is 396 g/mol. The molecule has 2 heterocycles. The highest BCUT2D eigenvalue weighted by Gasteiger charge is 2.47. The lowest BCUT2D eigenvalue weighted by atomic mass is 9.78. The predicted octanol–water partition coefficient (Wildman–Crippen LogP) is -0.314. The van der Waals surface area contributed by atoms with Crippen LogP contribution in [0.5, 0.6) is 5.75 Å². The molecule has 1 saturated heterocycles. The van der Waals surface area contributed by atoms with Crippen LogP contribution in [-0.4, -0.2) is 80.8 Å². The number of Topliss-reactive ketones (excluding diaryl/α,β-unsaturated/α-hetero) is 1. The van der Waals surface area contributed by atoms with Crippen LogP contribution in [0.1, 0.15) is 24.8 Å². The third kappa shape index (κ3) is 3.96. The molecule has 2 fully saturated rings. The molecule has 9 heteroatoms. The smallest absolute Gasteiger partial charge is 0.186 e. The minimum Gasteiger partial charge on any atom is -0.508 e. The molecular formula is C21H26O9. The maximum absolute atomic E-state index is 12.9. The molecule has 5 unspecified atom stereocenters. The Balaban J connectivity index is 1.41. The van der Waals surface area contributed by atoms with Crippen LogP contribution in [0.4, 0.5) is 0 Å². The number of benzene rings is 1. The van der Waals surface area contributed by atoms with Crippen LogP contribution in [0, 0.1) is 5.92 Å². The van der Waals surface area contributed by atoms with Crippen molar-refractivity contribution in [3.8, 4) is 5.75 Å². The van der Waals surface area contributed by atoms with Crippen molar-refractivity contribution < 1.29 is 44.5 Å². The van der Waals surface area contributed by atoms with Crippen molar-refractivity contribution in [1.82, 2.24) is 0 Å². The standard InChI is InChI=1S/C21H26O9/c22-8-16-18(25)19(26)20(27)21(30-16)29-12-5-6-13-15(7-12)28-9-14(17(13)24)10-1-3-11(23)4-2-10/h1-4,9,12-13,15-16,18-23,25-27H,5-8H2/t12?,13?,15?,16?,18-,19-,20?,21-/m1/s1. The van der Waals surface area contributed by atoms with E-state index in [1.54, 1.807) is 12.1 Å². The SMILES string of the molecule is O=C1C(c2ccc(O)cc2)=COC2CC(O[C@@H]3OC(CO)[C@@H](O)[C@@H](O)C3O)CCC12. The number of hydrogen-bond donors (Lipinski definition) is 5. The summed E-state index contributed by atoms with van der Waals surface area (Å²) < 4.78 is 17.0. The number of allylic oxidation sites excluding steroid dienone is 1. The Bertz CT molecular complexity index is 790. The van der Waals surface area contributed by atoms with Gasteiger partial charge >= 0.3 is 0 Å². The summed E-state index contributed by atoms with van der Waals surface area (Å²) in [5, 5.41) is 48.7. The van der Waals surface area contributed by atoms with E-state index in [2.05, 4.69) is 0 Å². The number of ether oxygens (including phenoxy) is 3. The van der Waals surface area contributed by atoms with Gasteiger partial charge in [0.2, 0.25) is 0 Å². The van der Waals surface area contributed by atoms with E-state index in [4.69, 9.17) is 14.2 Å². The highest BCUT2D eigenvalue weighted by molar-refractivity contribution is 6.22. The molecule has 1 saturated carbocycles. The van der Waals surface area contributed by atoms with E-state index in [9.17, 15) is 30.3 Å². The van der Waals surface area contributed by atoms with Gasteiger partial charge in [-0.1, -0.05) is 12.1 Å². The van der Waals surface area contributed by atoms with E-state index < -0.39 is 37.3 Å². The zero-order chi connectivity index (χ0) is 21.4. The van der Waals surface area contributed by atoms with Crippen molar-refractivity contribution in [2.24, 2.45) is 5.92 Å². The highest BCUT2D eigenvalue weighted by Crippen LogP contribution is 2.38. The van der Waals surface area contributed by atoms with Gasteiger partial charge in [0.05, 0.1) is 30.5 Å². The van der Waals surface area contributed by atoms with Crippen molar-refractivity contribution in [2.45, 2.75) is 62.2 Å². The summed E-state index contributed by atoms with van der Waals surface area (Å²) in [6.07, 6.45) is -4.55. The van der Waals surface area contributed by atoms with Crippen LogP contribution in [0.15, 0.2) is 30.5 Å². The molecule has 0 bridgehead atoms. The Morgan fingerprint density at radius 2 is 1.77 bits per heavy atom. The second-order valence-electron chi connectivity index (χ2n) is 7.99. The van der Waals surface area contributed by atoms with Crippen LogP contribution in [0.2, 0.25) is 0 Å². The van der Waals surface area contributed by atoms with E-state index >= 15 is 0 Å². The summed E-state index contributed by atoms with van der Waals surface area (Å²) in [5.74, 6) is -0.232. The lowest BCUT2D eigenvalue weighted by Gasteiger charge is -2.43. The summed E-state index contributed by atoms with van der Waals surface area (Å²) in [5.41, 5.74) is 1.14. The maximum atomic E-state index is 12.9. The molecule has 1 aromatic carbocycles. The number of aliphatic hydroxyl groups excluding tert-OH is 4. The third-order valence-corrected chi connectivity index (χ3v) is 6.06. The van der Waals surface area contributed by atoms with Gasteiger partial charge < -0.3 is 39.7 Å². The van der Waals surface area contributed by atoms with Gasteiger partial charge in [0.15, 0.2) is 12.1 Å². The zero-order valence-corrected chi connectivity index (χ0v) is 16.2. The number of carbonyl (C=O) groups excluding carboxylic acids is 1. The number of ketones is 1. The molecule has 3 aliphatic rings. The van der Waals surface area contributed by atoms with Crippen LogP contribution in [-0.2, 0) is 19.0 Å². The van der Waals surface area contributed by atoms with Gasteiger partial charge in [0.25, 0.3) is 0 Å². The molecule has 0 amide bonds. The summed E-state index contributed by atoms with van der Waals surface area (Å²) in [6, 6.07) is 6.36. The molecule has 8 atom stereocenters. The minimum atomic E-state index is -1.50. The number of carbonyl (C=O) groups is 1. The van der Waals surface area contributed by atoms with Gasteiger partial charge in [-0.25, -0.2) is 0 Å². The number of phenols is 1. The molecule has 5 N–H and O–H groups in total. The first-order valence-electron chi connectivity index (χ1n) is 10.0. The Kier molecular flexibility index (Phi) is 6.10. The molecule has 0 aromatic heterocycles. The van der Waals surface area contributed by atoms with Gasteiger partial charge in [0, 0.05) is 6.42 Å². The Hall–Kier alpha value is -2.01. The van der Waals surface area contributed by atoms with Crippen molar-refractivity contribution in [1.29, 1.82) is 0 Å². The van der Waals surface area contributed by atoms with E-state index in [1.807, 2.05) is 0 Å². The zero-order valence-electron chi connectivity index (χ0n) is 16.2. The maximum Gasteiger partial charge on any atom is 0.186 e. The quantitative estimate of drug-likeness (QED) is 0.441. The monoisotopic (exact) mass is 422 g/mol. The Labute approximate surface area is 173 Å². The number of hydrogen-bond acceptors (Lipinski definition) is 9. The second-order valence-corrected chi connectivity index (χ2v) is 7.99. The largest absolute Gasteiger partial charge is 0.508 e. The number of fused-ring (bicyclic) bond motifs is 1. The van der Waals surface area contributed by atoms with Gasteiger partial charge in [-0.3, -0.25) is 4.79 Å². The number of phenolic OH excluding ortho intramolecular Hbond substituents is 1. The van der Waals surface area contributed by atoms with Crippen LogP contribution in [0.3, 0.4) is 0 Å². The molecule has 2 aliphatic heterocycles. The third-order valence-electron chi connectivity index (χ3n) is 6.06. The average Bonchev–Trinajstić information content (AvgIpc) is 2.75. The first-order chi connectivity index (χ1) is 14.4. The lowest BCUT2D eigenvalue weighted by molar-refractivity contribution is -0.314. The second kappa shape index (κ2) is 8.62. The van der Waals surface area contributed by atoms with Crippen molar-refractivity contribution in [3.05, 3.63) is 36.1 Å². The van der Waals surface area contributed by atoms with Gasteiger partial charge in [-0.15, -0.1) is 0 Å². The lowest BCUT2D eigenvalue weighted by Crippen LogP contribution is -2.60. The van der Waals surface area contributed by atoms with Gasteiger partial charge in [-0.2, -0.15) is 0 Å². The summed E-state index contributed by atoms with van der Waals surface area (Å²) in [6.45, 7) is -0.525. The fourth-order valence-corrected chi connectivity index (χ4v) is 4.30. The van der Waals surface area contributed by atoms with Gasteiger partial charge in [0.1, 0.15) is 36.3 Å². The molecule has 1 aromatic rings.